The number of rotatable bonds is 6. The van der Waals surface area contributed by atoms with Crippen molar-refractivity contribution in [3.63, 3.8) is 0 Å². The molecule has 120 valence electrons. The van der Waals surface area contributed by atoms with Crippen LogP contribution in [0.3, 0.4) is 0 Å². The first-order chi connectivity index (χ1) is 11.2. The van der Waals surface area contributed by atoms with Gasteiger partial charge in [0, 0.05) is 24.7 Å². The average molecular weight is 331 g/mol. The molecule has 23 heavy (non-hydrogen) atoms. The first-order valence-corrected chi connectivity index (χ1v) is 8.05. The van der Waals surface area contributed by atoms with Gasteiger partial charge in [0.25, 0.3) is 0 Å². The first kappa shape index (κ1) is 15.8. The zero-order valence-electron chi connectivity index (χ0n) is 12.8. The van der Waals surface area contributed by atoms with Crippen molar-refractivity contribution in [2.75, 3.05) is 6.61 Å². The minimum atomic E-state index is -0.0161. The lowest BCUT2D eigenvalue weighted by Gasteiger charge is -2.08. The number of nitrogens with one attached hydrogen (secondary N) is 2. The molecule has 2 aromatic carbocycles. The van der Waals surface area contributed by atoms with Crippen molar-refractivity contribution >= 4 is 17.5 Å². The van der Waals surface area contributed by atoms with Crippen LogP contribution >= 0.6 is 11.6 Å². The molecule has 1 aliphatic rings. The van der Waals surface area contributed by atoms with Crippen LogP contribution in [0.25, 0.3) is 0 Å². The molecule has 3 rings (SSSR count). The molecule has 0 aromatic heterocycles. The van der Waals surface area contributed by atoms with E-state index in [0.717, 1.165) is 18.7 Å². The third-order valence-corrected chi connectivity index (χ3v) is 4.05. The Balaban J connectivity index is 1.40. The van der Waals surface area contributed by atoms with Crippen molar-refractivity contribution < 1.29 is 9.53 Å². The quantitative estimate of drug-likeness (QED) is 0.856. The molecule has 0 atom stereocenters. The molecule has 0 unspecified atom stereocenters. The molecule has 0 aliphatic carbocycles. The van der Waals surface area contributed by atoms with Crippen molar-refractivity contribution in [2.45, 2.75) is 26.1 Å². The number of hydrogen-bond acceptors (Lipinski definition) is 3. The maximum absolute atomic E-state index is 11.9. The summed E-state index contributed by atoms with van der Waals surface area (Å²) in [5.41, 5.74) is 3.79. The van der Waals surface area contributed by atoms with Crippen LogP contribution in [0.15, 0.2) is 42.5 Å². The summed E-state index contributed by atoms with van der Waals surface area (Å²) < 4.78 is 5.52. The second kappa shape index (κ2) is 7.49. The zero-order chi connectivity index (χ0) is 16.1. The largest absolute Gasteiger partial charge is 0.493 e. The smallest absolute Gasteiger partial charge is 0.223 e. The Hall–Kier alpha value is -2.04. The number of carbonyl (C=O) groups is 1. The number of carbonyl (C=O) groups excluding carboxylic acids is 1. The van der Waals surface area contributed by atoms with Gasteiger partial charge in [-0.3, -0.25) is 4.79 Å². The Morgan fingerprint density at radius 3 is 2.74 bits per heavy atom. The van der Waals surface area contributed by atoms with Crippen LogP contribution in [0.5, 0.6) is 5.75 Å². The summed E-state index contributed by atoms with van der Waals surface area (Å²) in [5, 5.41) is 6.91. The highest BCUT2D eigenvalue weighted by atomic mass is 35.5. The minimum Gasteiger partial charge on any atom is -0.493 e. The molecule has 1 aliphatic heterocycles. The second-order valence-corrected chi connectivity index (χ2v) is 5.97. The van der Waals surface area contributed by atoms with E-state index in [0.29, 0.717) is 30.3 Å². The lowest BCUT2D eigenvalue weighted by Crippen LogP contribution is -2.24. The van der Waals surface area contributed by atoms with Crippen LogP contribution in [0.4, 0.5) is 0 Å². The lowest BCUT2D eigenvalue weighted by molar-refractivity contribution is -0.121. The highest BCUT2D eigenvalue weighted by Gasteiger charge is 2.10. The number of halogens is 1. The summed E-state index contributed by atoms with van der Waals surface area (Å²) in [7, 11) is 0. The van der Waals surface area contributed by atoms with Gasteiger partial charge in [-0.25, -0.2) is 0 Å². The molecule has 0 bridgehead atoms. The van der Waals surface area contributed by atoms with Crippen LogP contribution in [0, 0.1) is 0 Å². The van der Waals surface area contributed by atoms with E-state index in [2.05, 4.69) is 28.8 Å². The normalized spacial score (nSPS) is 12.7. The number of benzene rings is 2. The van der Waals surface area contributed by atoms with Gasteiger partial charge in [-0.15, -0.1) is 0 Å². The number of fused-ring (bicyclic) bond motifs is 1. The summed E-state index contributed by atoms with van der Waals surface area (Å²) in [4.78, 5) is 11.9. The van der Waals surface area contributed by atoms with Crippen molar-refractivity contribution in [1.29, 1.82) is 0 Å². The predicted octanol–water partition coefficient (Wildman–Crippen LogP) is 3.03. The third-order valence-electron chi connectivity index (χ3n) is 3.80. The molecule has 0 spiro atoms. The van der Waals surface area contributed by atoms with E-state index in [1.54, 1.807) is 24.3 Å². The van der Waals surface area contributed by atoms with E-state index >= 15 is 0 Å². The molecule has 1 amide bonds. The van der Waals surface area contributed by atoms with Gasteiger partial charge in [0.1, 0.15) is 5.75 Å². The summed E-state index contributed by atoms with van der Waals surface area (Å²) in [6.45, 7) is 2.74. The molecular weight excluding hydrogens is 312 g/mol. The molecule has 0 saturated carbocycles. The van der Waals surface area contributed by atoms with Crippen LogP contribution in [0.1, 0.15) is 23.1 Å². The fraction of sp³-hybridized carbons (Fsp3) is 0.278. The van der Waals surface area contributed by atoms with Gasteiger partial charge in [0.2, 0.25) is 5.91 Å². The Bertz CT molecular complexity index is 686. The Morgan fingerprint density at radius 1 is 1.13 bits per heavy atom. The van der Waals surface area contributed by atoms with E-state index in [1.165, 1.54) is 11.1 Å². The molecule has 2 N–H and O–H groups in total. The Kier molecular flexibility index (Phi) is 5.16. The van der Waals surface area contributed by atoms with E-state index in [-0.39, 0.29) is 5.91 Å². The first-order valence-electron chi connectivity index (χ1n) is 7.67. The average Bonchev–Trinajstić information content (AvgIpc) is 3.02. The van der Waals surface area contributed by atoms with Gasteiger partial charge >= 0.3 is 0 Å². The molecule has 2 aromatic rings. The van der Waals surface area contributed by atoms with Gasteiger partial charge in [0.15, 0.2) is 0 Å². The standard InChI is InChI=1S/C18H19ClN2O2/c19-16-3-5-17(6-4-16)23-8-7-18(22)21-10-13-1-2-14-11-20-12-15(14)9-13/h1-6,9,20H,7-8,10-12H2,(H,21,22). The molecule has 0 saturated heterocycles. The van der Waals surface area contributed by atoms with E-state index in [9.17, 15) is 4.79 Å². The van der Waals surface area contributed by atoms with Crippen molar-refractivity contribution in [3.05, 3.63) is 64.2 Å². The zero-order valence-corrected chi connectivity index (χ0v) is 13.5. The summed E-state index contributed by atoms with van der Waals surface area (Å²) in [6.07, 6.45) is 0.328. The van der Waals surface area contributed by atoms with Crippen LogP contribution in [0.2, 0.25) is 5.02 Å². The molecule has 5 heteroatoms. The van der Waals surface area contributed by atoms with Gasteiger partial charge < -0.3 is 15.4 Å². The minimum absolute atomic E-state index is 0.0161. The van der Waals surface area contributed by atoms with Gasteiger partial charge in [-0.05, 0) is 41.0 Å². The number of hydrogen-bond donors (Lipinski definition) is 2. The highest BCUT2D eigenvalue weighted by Crippen LogP contribution is 2.17. The van der Waals surface area contributed by atoms with Crippen molar-refractivity contribution in [1.82, 2.24) is 10.6 Å². The fourth-order valence-corrected chi connectivity index (χ4v) is 2.67. The topological polar surface area (TPSA) is 50.4 Å². The Morgan fingerprint density at radius 2 is 1.91 bits per heavy atom. The molecule has 4 nitrogen and oxygen atoms in total. The molecular formula is C18H19ClN2O2. The predicted molar refractivity (Wildman–Crippen MR) is 90.4 cm³/mol. The van der Waals surface area contributed by atoms with Crippen LogP contribution in [-0.2, 0) is 24.4 Å². The lowest BCUT2D eigenvalue weighted by atomic mass is 10.1. The highest BCUT2D eigenvalue weighted by molar-refractivity contribution is 6.30. The van der Waals surface area contributed by atoms with Crippen LogP contribution < -0.4 is 15.4 Å². The summed E-state index contributed by atoms with van der Waals surface area (Å²) >= 11 is 5.81. The molecule has 0 radical (unpaired) electrons. The number of ether oxygens (including phenoxy) is 1. The monoisotopic (exact) mass is 330 g/mol. The SMILES string of the molecule is O=C(CCOc1ccc(Cl)cc1)NCc1ccc2c(c1)CNC2. The third kappa shape index (κ3) is 4.47. The van der Waals surface area contributed by atoms with Crippen LogP contribution in [-0.4, -0.2) is 12.5 Å². The summed E-state index contributed by atoms with van der Waals surface area (Å²) in [6, 6.07) is 13.5. The van der Waals surface area contributed by atoms with E-state index < -0.39 is 0 Å². The second-order valence-electron chi connectivity index (χ2n) is 5.54. The summed E-state index contributed by atoms with van der Waals surface area (Å²) in [5.74, 6) is 0.700. The number of amides is 1. The fourth-order valence-electron chi connectivity index (χ4n) is 2.54. The van der Waals surface area contributed by atoms with E-state index in [1.807, 2.05) is 0 Å². The van der Waals surface area contributed by atoms with Gasteiger partial charge in [-0.1, -0.05) is 29.8 Å². The maximum Gasteiger partial charge on any atom is 0.223 e. The van der Waals surface area contributed by atoms with Crippen molar-refractivity contribution in [3.8, 4) is 5.75 Å². The van der Waals surface area contributed by atoms with E-state index in [4.69, 9.17) is 16.3 Å². The van der Waals surface area contributed by atoms with Gasteiger partial charge in [-0.2, -0.15) is 0 Å². The van der Waals surface area contributed by atoms with Crippen molar-refractivity contribution in [2.24, 2.45) is 0 Å². The maximum atomic E-state index is 11.9. The Labute approximate surface area is 140 Å². The van der Waals surface area contributed by atoms with Gasteiger partial charge in [0.05, 0.1) is 13.0 Å². The molecule has 0 fully saturated rings. The molecule has 1 heterocycles.